The van der Waals surface area contributed by atoms with Crippen LogP contribution in [0.15, 0.2) is 59.7 Å². The Balaban J connectivity index is 1.74. The smallest absolute Gasteiger partial charge is 0.295 e. The maximum absolute atomic E-state index is 13.9. The molecule has 3 heterocycles. The monoisotopic (exact) mass is 457 g/mol. The van der Waals surface area contributed by atoms with Gasteiger partial charge in [0.1, 0.15) is 5.57 Å². The first kappa shape index (κ1) is 22.1. The second kappa shape index (κ2) is 8.89. The molecule has 174 valence electrons. The number of H-pyrrole nitrogens is 1. The van der Waals surface area contributed by atoms with Gasteiger partial charge in [-0.25, -0.2) is 0 Å². The molecule has 1 aliphatic heterocycles. The van der Waals surface area contributed by atoms with Crippen LogP contribution in [0.5, 0.6) is 0 Å². The van der Waals surface area contributed by atoms with Gasteiger partial charge in [0, 0.05) is 30.8 Å². The van der Waals surface area contributed by atoms with E-state index in [1.54, 1.807) is 11.6 Å². The van der Waals surface area contributed by atoms with Gasteiger partial charge in [-0.15, -0.1) is 0 Å². The van der Waals surface area contributed by atoms with Gasteiger partial charge in [-0.05, 0) is 24.8 Å². The summed E-state index contributed by atoms with van der Waals surface area (Å²) in [5, 5.41) is 3.10. The number of amides is 2. The number of hydrogen-bond donors (Lipinski definition) is 1. The normalized spacial score (nSPS) is 17.2. The second-order valence-electron chi connectivity index (χ2n) is 9.05. The number of rotatable bonds is 5. The Bertz CT molecular complexity index is 1330. The molecule has 1 saturated carbocycles. The minimum atomic E-state index is -0.382. The van der Waals surface area contributed by atoms with Gasteiger partial charge >= 0.3 is 5.91 Å². The minimum absolute atomic E-state index is 0.139. The Morgan fingerprint density at radius 2 is 1.62 bits per heavy atom. The highest BCUT2D eigenvalue weighted by Crippen LogP contribution is 2.36. The predicted molar refractivity (Wildman–Crippen MR) is 129 cm³/mol. The van der Waals surface area contributed by atoms with Crippen LogP contribution >= 0.6 is 0 Å². The summed E-state index contributed by atoms with van der Waals surface area (Å²) in [5.41, 5.74) is 2.78. The third kappa shape index (κ3) is 3.61. The Labute approximate surface area is 198 Å². The number of hydrogen-bond acceptors (Lipinski definition) is 3. The molecular formula is C27H29N4O3+. The molecule has 1 fully saturated rings. The Kier molecular flexibility index (Phi) is 5.77. The molecule has 1 aliphatic carbocycles. The van der Waals surface area contributed by atoms with Crippen LogP contribution in [-0.4, -0.2) is 32.5 Å². The lowest BCUT2D eigenvalue weighted by Crippen LogP contribution is -2.45. The molecule has 3 aromatic rings. The average Bonchev–Trinajstić information content (AvgIpc) is 3.31. The number of benzene rings is 1. The minimum Gasteiger partial charge on any atom is -0.295 e. The number of nitrogens with zero attached hydrogens (tertiary/aromatic N) is 3. The number of imide groups is 1. The maximum atomic E-state index is 13.9. The largest absolute Gasteiger partial charge is 0.327 e. The van der Waals surface area contributed by atoms with Gasteiger partial charge in [0.25, 0.3) is 17.2 Å². The lowest BCUT2D eigenvalue weighted by atomic mass is 9.94. The van der Waals surface area contributed by atoms with E-state index in [1.807, 2.05) is 54.9 Å². The molecule has 2 aromatic heterocycles. The molecule has 0 bridgehead atoms. The summed E-state index contributed by atoms with van der Waals surface area (Å²) in [4.78, 5) is 42.5. The average molecular weight is 458 g/mol. The van der Waals surface area contributed by atoms with Gasteiger partial charge in [-0.2, -0.15) is 4.57 Å². The van der Waals surface area contributed by atoms with Crippen molar-refractivity contribution in [3.63, 3.8) is 0 Å². The van der Waals surface area contributed by atoms with Gasteiger partial charge in [0.2, 0.25) is 0 Å². The van der Waals surface area contributed by atoms with Crippen LogP contribution in [0, 0.1) is 0 Å². The number of carbonyl (C=O) groups excluding carboxylic acids is 2. The molecule has 2 amide bonds. The molecule has 1 aromatic carbocycles. The zero-order valence-electron chi connectivity index (χ0n) is 19.6. The highest BCUT2D eigenvalue weighted by molar-refractivity contribution is 6.45. The summed E-state index contributed by atoms with van der Waals surface area (Å²) < 4.78 is 3.06. The van der Waals surface area contributed by atoms with Gasteiger partial charge in [-0.3, -0.25) is 29.1 Å². The van der Waals surface area contributed by atoms with E-state index in [9.17, 15) is 14.4 Å². The SMILES string of the molecule is CCc1cc[n+](C2=C(c3c(-c4ccccc4)[nH]n(C)c3=O)C(=O)N(C3CCCCC3)C2=O)cc1. The van der Waals surface area contributed by atoms with E-state index < -0.39 is 0 Å². The maximum Gasteiger partial charge on any atom is 0.327 e. The zero-order chi connectivity index (χ0) is 23.8. The van der Waals surface area contributed by atoms with E-state index in [2.05, 4.69) is 12.0 Å². The highest BCUT2D eigenvalue weighted by atomic mass is 16.2. The molecule has 0 saturated heterocycles. The fraction of sp³-hybridized carbons (Fsp3) is 0.333. The molecule has 2 aliphatic rings. The topological polar surface area (TPSA) is 79.1 Å². The van der Waals surface area contributed by atoms with Crippen molar-refractivity contribution in [3.8, 4) is 11.3 Å². The third-order valence-corrected chi connectivity index (χ3v) is 6.96. The van der Waals surface area contributed by atoms with Gasteiger partial charge in [0.15, 0.2) is 12.4 Å². The Morgan fingerprint density at radius 1 is 0.941 bits per heavy atom. The van der Waals surface area contributed by atoms with Gasteiger partial charge < -0.3 is 0 Å². The van der Waals surface area contributed by atoms with Crippen LogP contribution in [0.4, 0.5) is 0 Å². The molecular weight excluding hydrogens is 428 g/mol. The van der Waals surface area contributed by atoms with E-state index >= 15 is 0 Å². The Morgan fingerprint density at radius 3 is 2.26 bits per heavy atom. The fourth-order valence-electron chi connectivity index (χ4n) is 5.11. The fourth-order valence-corrected chi connectivity index (χ4v) is 5.11. The first-order chi connectivity index (χ1) is 16.5. The van der Waals surface area contributed by atoms with Crippen LogP contribution < -0.4 is 10.1 Å². The summed E-state index contributed by atoms with van der Waals surface area (Å²) in [6, 6.07) is 13.2. The van der Waals surface area contributed by atoms with E-state index in [-0.39, 0.29) is 40.2 Å². The molecule has 7 heteroatoms. The second-order valence-corrected chi connectivity index (χ2v) is 9.05. The lowest BCUT2D eigenvalue weighted by Gasteiger charge is -2.29. The molecule has 0 unspecified atom stereocenters. The molecule has 0 radical (unpaired) electrons. The lowest BCUT2D eigenvalue weighted by molar-refractivity contribution is -0.577. The van der Waals surface area contributed by atoms with Crippen molar-refractivity contribution in [3.05, 3.63) is 76.3 Å². The number of nitrogens with one attached hydrogen (secondary N) is 1. The third-order valence-electron chi connectivity index (χ3n) is 6.96. The molecule has 1 N–H and O–H groups in total. The molecule has 0 atom stereocenters. The van der Waals surface area contributed by atoms with Crippen molar-refractivity contribution in [2.75, 3.05) is 0 Å². The summed E-state index contributed by atoms with van der Waals surface area (Å²) in [6.07, 6.45) is 9.18. The van der Waals surface area contributed by atoms with Gasteiger partial charge in [0.05, 0.1) is 11.3 Å². The van der Waals surface area contributed by atoms with Crippen LogP contribution in [0.2, 0.25) is 0 Å². The van der Waals surface area contributed by atoms with Crippen molar-refractivity contribution in [1.82, 2.24) is 14.7 Å². The zero-order valence-corrected chi connectivity index (χ0v) is 19.6. The number of pyridine rings is 1. The first-order valence-electron chi connectivity index (χ1n) is 12.0. The summed E-state index contributed by atoms with van der Waals surface area (Å²) in [6.45, 7) is 2.06. The van der Waals surface area contributed by atoms with Crippen LogP contribution in [0.25, 0.3) is 22.5 Å². The molecule has 34 heavy (non-hydrogen) atoms. The number of aromatic amines is 1. The van der Waals surface area contributed by atoms with Crippen molar-refractivity contribution in [1.29, 1.82) is 0 Å². The van der Waals surface area contributed by atoms with Crippen molar-refractivity contribution >= 4 is 23.1 Å². The molecule has 0 spiro atoms. The van der Waals surface area contributed by atoms with Crippen LogP contribution in [0.3, 0.4) is 0 Å². The molecule has 5 rings (SSSR count). The van der Waals surface area contributed by atoms with Crippen molar-refractivity contribution in [2.45, 2.75) is 51.5 Å². The summed E-state index contributed by atoms with van der Waals surface area (Å²) in [7, 11) is 1.63. The quantitative estimate of drug-likeness (QED) is 0.472. The van der Waals surface area contributed by atoms with Crippen LogP contribution in [-0.2, 0) is 23.1 Å². The Hall–Kier alpha value is -3.74. The van der Waals surface area contributed by atoms with E-state index in [4.69, 9.17) is 0 Å². The standard InChI is InChI=1S/C27H28N4O3/c1-3-18-14-16-30(17-15-18)24-22(26(33)31(27(24)34)20-12-8-5-9-13-20)21-23(28-29(2)25(21)32)19-10-6-4-7-11-19/h4,6-7,10-11,14-17,20H,3,5,8-9,12-13H2,1-2H3/p+1. The summed E-state index contributed by atoms with van der Waals surface area (Å²) in [5.74, 6) is -0.712. The number of carbonyl (C=O) groups is 2. The summed E-state index contributed by atoms with van der Waals surface area (Å²) >= 11 is 0. The predicted octanol–water partition coefficient (Wildman–Crippen LogP) is 3.30. The first-order valence-corrected chi connectivity index (χ1v) is 12.0. The van der Waals surface area contributed by atoms with E-state index in [1.165, 1.54) is 9.58 Å². The van der Waals surface area contributed by atoms with E-state index in [0.29, 0.717) is 5.69 Å². The van der Waals surface area contributed by atoms with Crippen LogP contribution in [0.1, 0.15) is 50.2 Å². The van der Waals surface area contributed by atoms with Crippen molar-refractivity contribution in [2.24, 2.45) is 7.05 Å². The van der Waals surface area contributed by atoms with Gasteiger partial charge in [-0.1, -0.05) is 56.5 Å². The number of aryl methyl sites for hydroxylation is 2. The van der Waals surface area contributed by atoms with Crippen molar-refractivity contribution < 1.29 is 14.2 Å². The molecule has 7 nitrogen and oxygen atoms in total. The number of aromatic nitrogens is 3. The highest BCUT2D eigenvalue weighted by Gasteiger charge is 2.49. The van der Waals surface area contributed by atoms with E-state index in [0.717, 1.165) is 49.7 Å².